The monoisotopic (exact) mass is 458 g/mol. The lowest BCUT2D eigenvalue weighted by atomic mass is 10.3. The SMILES string of the molecule is CC(C)Oc1ccc(NC(=O)CN(c2ccccc2)S(=O)(=O)c2ccc(Cl)cc2)cc1. The van der Waals surface area contributed by atoms with Gasteiger partial charge in [0.15, 0.2) is 0 Å². The average Bonchev–Trinajstić information content (AvgIpc) is 2.74. The summed E-state index contributed by atoms with van der Waals surface area (Å²) in [6.07, 6.45) is 0.0398. The molecule has 3 aromatic carbocycles. The van der Waals surface area contributed by atoms with E-state index in [-0.39, 0.29) is 17.5 Å². The first-order valence-corrected chi connectivity index (χ1v) is 11.5. The lowest BCUT2D eigenvalue weighted by molar-refractivity contribution is -0.114. The number of halogens is 1. The number of benzene rings is 3. The molecule has 0 unspecified atom stereocenters. The molecule has 0 aromatic heterocycles. The lowest BCUT2D eigenvalue weighted by Gasteiger charge is -2.24. The molecule has 0 spiro atoms. The zero-order valence-electron chi connectivity index (χ0n) is 17.2. The number of anilines is 2. The van der Waals surface area contributed by atoms with Crippen LogP contribution in [0.2, 0.25) is 5.02 Å². The maximum atomic E-state index is 13.3. The van der Waals surface area contributed by atoms with Crippen molar-refractivity contribution in [1.29, 1.82) is 0 Å². The smallest absolute Gasteiger partial charge is 0.264 e. The molecule has 0 atom stereocenters. The van der Waals surface area contributed by atoms with E-state index in [1.54, 1.807) is 54.6 Å². The number of rotatable bonds is 8. The van der Waals surface area contributed by atoms with Gasteiger partial charge in [0.1, 0.15) is 12.3 Å². The maximum absolute atomic E-state index is 13.3. The van der Waals surface area contributed by atoms with Crippen LogP contribution in [0, 0.1) is 0 Å². The van der Waals surface area contributed by atoms with Crippen LogP contribution >= 0.6 is 11.6 Å². The Morgan fingerprint density at radius 2 is 1.58 bits per heavy atom. The number of hydrogen-bond acceptors (Lipinski definition) is 4. The predicted molar refractivity (Wildman–Crippen MR) is 123 cm³/mol. The molecule has 6 nitrogen and oxygen atoms in total. The standard InChI is InChI=1S/C23H23ClN2O4S/c1-17(2)30-21-12-10-19(11-13-21)25-23(27)16-26(20-6-4-3-5-7-20)31(28,29)22-14-8-18(24)9-15-22/h3-15,17H,16H2,1-2H3,(H,25,27). The summed E-state index contributed by atoms with van der Waals surface area (Å²) in [5.41, 5.74) is 0.922. The van der Waals surface area contributed by atoms with Gasteiger partial charge in [-0.25, -0.2) is 8.42 Å². The fourth-order valence-electron chi connectivity index (χ4n) is 2.86. The molecule has 1 N–H and O–H groups in total. The van der Waals surface area contributed by atoms with E-state index in [1.807, 2.05) is 13.8 Å². The number of sulfonamides is 1. The molecule has 3 rings (SSSR count). The molecule has 0 aliphatic heterocycles. The van der Waals surface area contributed by atoms with Gasteiger partial charge in [-0.15, -0.1) is 0 Å². The van der Waals surface area contributed by atoms with Gasteiger partial charge in [0, 0.05) is 10.7 Å². The van der Waals surface area contributed by atoms with Gasteiger partial charge in [-0.05, 0) is 74.5 Å². The van der Waals surface area contributed by atoms with E-state index in [0.717, 1.165) is 4.31 Å². The summed E-state index contributed by atoms with van der Waals surface area (Å²) >= 11 is 5.89. The Hall–Kier alpha value is -3.03. The van der Waals surface area contributed by atoms with E-state index in [2.05, 4.69) is 5.32 Å². The minimum atomic E-state index is -3.98. The Labute approximate surface area is 187 Å². The third kappa shape index (κ3) is 5.99. The second-order valence-corrected chi connectivity index (χ2v) is 9.34. The van der Waals surface area contributed by atoms with E-state index in [1.165, 1.54) is 24.3 Å². The van der Waals surface area contributed by atoms with Crippen molar-refractivity contribution < 1.29 is 17.9 Å². The van der Waals surface area contributed by atoms with Crippen molar-refractivity contribution in [2.75, 3.05) is 16.2 Å². The molecule has 0 saturated heterocycles. The van der Waals surface area contributed by atoms with Crippen molar-refractivity contribution in [3.8, 4) is 5.75 Å². The first-order chi connectivity index (χ1) is 14.8. The molecule has 8 heteroatoms. The molecule has 3 aromatic rings. The van der Waals surface area contributed by atoms with Crippen molar-refractivity contribution in [2.24, 2.45) is 0 Å². The normalized spacial score (nSPS) is 11.2. The van der Waals surface area contributed by atoms with Crippen LogP contribution in [0.25, 0.3) is 0 Å². The van der Waals surface area contributed by atoms with Crippen LogP contribution in [0.5, 0.6) is 5.75 Å². The predicted octanol–water partition coefficient (Wildman–Crippen LogP) is 4.96. The molecule has 31 heavy (non-hydrogen) atoms. The van der Waals surface area contributed by atoms with E-state index in [9.17, 15) is 13.2 Å². The summed E-state index contributed by atoms with van der Waals surface area (Å²) in [5.74, 6) is 0.211. The van der Waals surface area contributed by atoms with Crippen LogP contribution < -0.4 is 14.4 Å². The first kappa shape index (κ1) is 22.7. The van der Waals surface area contributed by atoms with Crippen molar-refractivity contribution in [3.05, 3.63) is 83.9 Å². The zero-order chi connectivity index (χ0) is 22.4. The summed E-state index contributed by atoms with van der Waals surface area (Å²) in [5, 5.41) is 3.16. The summed E-state index contributed by atoms with van der Waals surface area (Å²) in [7, 11) is -3.98. The van der Waals surface area contributed by atoms with E-state index in [0.29, 0.717) is 22.1 Å². The molecule has 0 heterocycles. The minimum absolute atomic E-state index is 0.0398. The van der Waals surface area contributed by atoms with Gasteiger partial charge in [0.05, 0.1) is 16.7 Å². The van der Waals surface area contributed by atoms with Crippen LogP contribution in [0.15, 0.2) is 83.8 Å². The van der Waals surface area contributed by atoms with Gasteiger partial charge in [-0.3, -0.25) is 9.10 Å². The van der Waals surface area contributed by atoms with Gasteiger partial charge >= 0.3 is 0 Å². The first-order valence-electron chi connectivity index (χ1n) is 9.65. The molecule has 0 radical (unpaired) electrons. The highest BCUT2D eigenvalue weighted by molar-refractivity contribution is 7.92. The number of amides is 1. The Kier molecular flexibility index (Phi) is 7.20. The highest BCUT2D eigenvalue weighted by atomic mass is 35.5. The quantitative estimate of drug-likeness (QED) is 0.517. The number of carbonyl (C=O) groups excluding carboxylic acids is 1. The third-order valence-electron chi connectivity index (χ3n) is 4.24. The van der Waals surface area contributed by atoms with Crippen molar-refractivity contribution >= 4 is 38.9 Å². The second kappa shape index (κ2) is 9.85. The van der Waals surface area contributed by atoms with Crippen LogP contribution in [0.1, 0.15) is 13.8 Å². The van der Waals surface area contributed by atoms with Gasteiger partial charge in [-0.2, -0.15) is 0 Å². The van der Waals surface area contributed by atoms with Gasteiger partial charge in [0.25, 0.3) is 10.0 Å². The summed E-state index contributed by atoms with van der Waals surface area (Å²) < 4.78 is 33.2. The van der Waals surface area contributed by atoms with Crippen molar-refractivity contribution in [2.45, 2.75) is 24.8 Å². The molecular formula is C23H23ClN2O4S. The molecule has 0 aliphatic rings. The van der Waals surface area contributed by atoms with E-state index >= 15 is 0 Å². The average molecular weight is 459 g/mol. The number of nitrogens with zero attached hydrogens (tertiary/aromatic N) is 1. The Bertz CT molecular complexity index is 1120. The van der Waals surface area contributed by atoms with Crippen LogP contribution in [-0.4, -0.2) is 27.0 Å². The van der Waals surface area contributed by atoms with Crippen LogP contribution in [0.3, 0.4) is 0 Å². The van der Waals surface area contributed by atoms with Gasteiger partial charge < -0.3 is 10.1 Å². The van der Waals surface area contributed by atoms with Gasteiger partial charge in [-0.1, -0.05) is 29.8 Å². The van der Waals surface area contributed by atoms with Crippen LogP contribution in [-0.2, 0) is 14.8 Å². The fraction of sp³-hybridized carbons (Fsp3) is 0.174. The molecule has 0 aliphatic carbocycles. The molecule has 1 amide bonds. The Morgan fingerprint density at radius 1 is 0.968 bits per heavy atom. The van der Waals surface area contributed by atoms with Crippen LogP contribution in [0.4, 0.5) is 11.4 Å². The Morgan fingerprint density at radius 3 is 2.16 bits per heavy atom. The van der Waals surface area contributed by atoms with Crippen molar-refractivity contribution in [3.63, 3.8) is 0 Å². The van der Waals surface area contributed by atoms with Crippen molar-refractivity contribution in [1.82, 2.24) is 0 Å². The molecule has 0 bridgehead atoms. The second-order valence-electron chi connectivity index (χ2n) is 7.04. The van der Waals surface area contributed by atoms with Gasteiger partial charge in [0.2, 0.25) is 5.91 Å². The topological polar surface area (TPSA) is 75.7 Å². The number of hydrogen-bond donors (Lipinski definition) is 1. The summed E-state index contributed by atoms with van der Waals surface area (Å²) in [6.45, 7) is 3.46. The number of carbonyl (C=O) groups is 1. The molecule has 0 saturated carbocycles. The Balaban J connectivity index is 1.82. The minimum Gasteiger partial charge on any atom is -0.491 e. The lowest BCUT2D eigenvalue weighted by Crippen LogP contribution is -2.38. The summed E-state index contributed by atoms with van der Waals surface area (Å²) in [6, 6.07) is 21.2. The molecule has 162 valence electrons. The fourth-order valence-corrected chi connectivity index (χ4v) is 4.41. The largest absolute Gasteiger partial charge is 0.491 e. The number of para-hydroxylation sites is 1. The van der Waals surface area contributed by atoms with E-state index < -0.39 is 15.9 Å². The third-order valence-corrected chi connectivity index (χ3v) is 6.28. The van der Waals surface area contributed by atoms with E-state index in [4.69, 9.17) is 16.3 Å². The number of nitrogens with one attached hydrogen (secondary N) is 1. The highest BCUT2D eigenvalue weighted by Gasteiger charge is 2.27. The summed E-state index contributed by atoms with van der Waals surface area (Å²) in [4.78, 5) is 12.8. The molecule has 0 fully saturated rings. The maximum Gasteiger partial charge on any atom is 0.264 e. The molecular weight excluding hydrogens is 436 g/mol. The highest BCUT2D eigenvalue weighted by Crippen LogP contribution is 2.25. The zero-order valence-corrected chi connectivity index (χ0v) is 18.7. The number of ether oxygens (including phenoxy) is 1.